The fourth-order valence-electron chi connectivity index (χ4n) is 4.31. The van der Waals surface area contributed by atoms with Gasteiger partial charge in [0.1, 0.15) is 0 Å². The normalized spacial score (nSPS) is 23.0. The Morgan fingerprint density at radius 3 is 2.28 bits per heavy atom. The van der Waals surface area contributed by atoms with Crippen molar-refractivity contribution >= 4 is 11.8 Å². The number of rotatable bonds is 4. The van der Waals surface area contributed by atoms with Crippen molar-refractivity contribution in [2.45, 2.75) is 57.0 Å². The summed E-state index contributed by atoms with van der Waals surface area (Å²) in [5, 5.41) is 0. The van der Waals surface area contributed by atoms with Gasteiger partial charge in [-0.1, -0.05) is 30.3 Å². The van der Waals surface area contributed by atoms with Crippen molar-refractivity contribution in [3.63, 3.8) is 0 Å². The van der Waals surface area contributed by atoms with Crippen molar-refractivity contribution in [3.8, 4) is 0 Å². The summed E-state index contributed by atoms with van der Waals surface area (Å²) in [7, 11) is 0. The first-order valence-corrected chi connectivity index (χ1v) is 9.31. The summed E-state index contributed by atoms with van der Waals surface area (Å²) in [6, 6.07) is 10.2. The molecular weight excluding hydrogens is 314 g/mol. The minimum atomic E-state index is -0.516. The molecule has 1 aromatic rings. The van der Waals surface area contributed by atoms with Crippen LogP contribution in [0.15, 0.2) is 30.3 Å². The molecular formula is C20H29N3O2. The van der Waals surface area contributed by atoms with Crippen molar-refractivity contribution in [3.05, 3.63) is 35.9 Å². The van der Waals surface area contributed by atoms with Gasteiger partial charge >= 0.3 is 0 Å². The first kappa shape index (κ1) is 17.9. The van der Waals surface area contributed by atoms with Gasteiger partial charge in [0.05, 0.1) is 11.5 Å². The fraction of sp³-hybridized carbons (Fsp3) is 0.600. The molecule has 2 fully saturated rings. The van der Waals surface area contributed by atoms with Crippen LogP contribution < -0.4 is 5.73 Å². The number of benzene rings is 1. The van der Waals surface area contributed by atoms with Crippen LogP contribution in [0.4, 0.5) is 0 Å². The highest BCUT2D eigenvalue weighted by Gasteiger charge is 2.39. The molecule has 3 rings (SSSR count). The first-order chi connectivity index (χ1) is 11.9. The number of primary amides is 1. The molecule has 1 unspecified atom stereocenters. The summed E-state index contributed by atoms with van der Waals surface area (Å²) in [6.45, 7) is 6.45. The van der Waals surface area contributed by atoms with Crippen LogP contribution in [-0.4, -0.2) is 53.3 Å². The summed E-state index contributed by atoms with van der Waals surface area (Å²) >= 11 is 0. The third-order valence-corrected chi connectivity index (χ3v) is 5.87. The lowest BCUT2D eigenvalue weighted by Crippen LogP contribution is -2.53. The Morgan fingerprint density at radius 1 is 1.04 bits per heavy atom. The minimum absolute atomic E-state index is 0.118. The Balaban J connectivity index is 1.62. The average molecular weight is 343 g/mol. The van der Waals surface area contributed by atoms with E-state index in [0.29, 0.717) is 6.04 Å². The highest BCUT2D eigenvalue weighted by molar-refractivity contribution is 5.87. The molecule has 0 aromatic heterocycles. The van der Waals surface area contributed by atoms with E-state index in [2.05, 4.69) is 4.90 Å². The lowest BCUT2D eigenvalue weighted by Gasteiger charge is -2.41. The van der Waals surface area contributed by atoms with E-state index in [4.69, 9.17) is 5.73 Å². The van der Waals surface area contributed by atoms with E-state index in [9.17, 15) is 9.59 Å². The summed E-state index contributed by atoms with van der Waals surface area (Å²) in [5.41, 5.74) is 6.08. The van der Waals surface area contributed by atoms with Gasteiger partial charge in [0.25, 0.3) is 0 Å². The molecule has 2 aliphatic heterocycles. The molecule has 1 aromatic carbocycles. The number of likely N-dealkylation sites (tertiary alicyclic amines) is 2. The third kappa shape index (κ3) is 3.56. The van der Waals surface area contributed by atoms with Gasteiger partial charge in [-0.3, -0.25) is 14.5 Å². The average Bonchev–Trinajstić information content (AvgIpc) is 3.12. The Kier molecular flexibility index (Phi) is 5.13. The molecule has 5 nitrogen and oxygen atoms in total. The van der Waals surface area contributed by atoms with Gasteiger partial charge < -0.3 is 10.6 Å². The van der Waals surface area contributed by atoms with Crippen molar-refractivity contribution in [1.29, 1.82) is 0 Å². The van der Waals surface area contributed by atoms with E-state index in [1.807, 2.05) is 49.1 Å². The van der Waals surface area contributed by atoms with Crippen LogP contribution in [0.1, 0.15) is 45.1 Å². The first-order valence-electron chi connectivity index (χ1n) is 9.31. The van der Waals surface area contributed by atoms with Crippen LogP contribution in [0.2, 0.25) is 0 Å². The van der Waals surface area contributed by atoms with Crippen molar-refractivity contribution in [2.24, 2.45) is 5.73 Å². The second-order valence-electron chi connectivity index (χ2n) is 7.81. The molecule has 2 heterocycles. The highest BCUT2D eigenvalue weighted by atomic mass is 16.2. The molecule has 5 heteroatoms. The SMILES string of the molecule is CC(C)(C(=O)N1CCC(N2CCCC2C(N)=O)CC1)c1ccccc1. The molecule has 0 bridgehead atoms. The van der Waals surface area contributed by atoms with Crippen molar-refractivity contribution in [2.75, 3.05) is 19.6 Å². The molecule has 2 amide bonds. The molecule has 2 aliphatic rings. The molecule has 0 aliphatic carbocycles. The maximum absolute atomic E-state index is 13.1. The molecule has 136 valence electrons. The highest BCUT2D eigenvalue weighted by Crippen LogP contribution is 2.30. The Bertz CT molecular complexity index is 621. The lowest BCUT2D eigenvalue weighted by molar-refractivity contribution is -0.138. The number of piperidine rings is 1. The third-order valence-electron chi connectivity index (χ3n) is 5.87. The Labute approximate surface area is 150 Å². The molecule has 25 heavy (non-hydrogen) atoms. The van der Waals surface area contributed by atoms with Crippen LogP contribution in [0.5, 0.6) is 0 Å². The van der Waals surface area contributed by atoms with Gasteiger partial charge in [-0.15, -0.1) is 0 Å². The van der Waals surface area contributed by atoms with Crippen molar-refractivity contribution in [1.82, 2.24) is 9.80 Å². The van der Waals surface area contributed by atoms with E-state index in [1.54, 1.807) is 0 Å². The summed E-state index contributed by atoms with van der Waals surface area (Å²) < 4.78 is 0. The van der Waals surface area contributed by atoms with Crippen LogP contribution in [-0.2, 0) is 15.0 Å². The Morgan fingerprint density at radius 2 is 1.68 bits per heavy atom. The summed E-state index contributed by atoms with van der Waals surface area (Å²) in [6.07, 6.45) is 3.74. The topological polar surface area (TPSA) is 66.6 Å². The van der Waals surface area contributed by atoms with E-state index in [-0.39, 0.29) is 17.9 Å². The zero-order chi connectivity index (χ0) is 18.0. The van der Waals surface area contributed by atoms with Crippen LogP contribution in [0.3, 0.4) is 0 Å². The molecule has 1 atom stereocenters. The smallest absolute Gasteiger partial charge is 0.234 e. The number of amides is 2. The number of hydrogen-bond acceptors (Lipinski definition) is 3. The van der Waals surface area contributed by atoms with Crippen LogP contribution in [0, 0.1) is 0 Å². The van der Waals surface area contributed by atoms with Gasteiger partial charge in [-0.05, 0) is 51.6 Å². The molecule has 0 saturated carbocycles. The Hall–Kier alpha value is -1.88. The van der Waals surface area contributed by atoms with E-state index in [1.165, 1.54) is 0 Å². The standard InChI is InChI=1S/C20H29N3O2/c1-20(2,15-7-4-3-5-8-15)19(25)22-13-10-16(11-14-22)23-12-6-9-17(23)18(21)24/h3-5,7-8,16-17H,6,9-14H2,1-2H3,(H2,21,24). The molecule has 0 radical (unpaired) electrons. The van der Waals surface area contributed by atoms with Crippen LogP contribution in [0.25, 0.3) is 0 Å². The number of nitrogens with zero attached hydrogens (tertiary/aromatic N) is 2. The minimum Gasteiger partial charge on any atom is -0.368 e. The van der Waals surface area contributed by atoms with Gasteiger partial charge in [0.2, 0.25) is 11.8 Å². The molecule has 2 N–H and O–H groups in total. The van der Waals surface area contributed by atoms with Gasteiger partial charge in [0, 0.05) is 19.1 Å². The number of carbonyl (C=O) groups excluding carboxylic acids is 2. The van der Waals surface area contributed by atoms with Crippen LogP contribution >= 0.6 is 0 Å². The van der Waals surface area contributed by atoms with Gasteiger partial charge in [0.15, 0.2) is 0 Å². The monoisotopic (exact) mass is 343 g/mol. The fourth-order valence-corrected chi connectivity index (χ4v) is 4.31. The predicted molar refractivity (Wildman–Crippen MR) is 98.0 cm³/mol. The van der Waals surface area contributed by atoms with E-state index >= 15 is 0 Å². The molecule has 0 spiro atoms. The maximum Gasteiger partial charge on any atom is 0.234 e. The predicted octanol–water partition coefficient (Wildman–Crippen LogP) is 1.90. The van der Waals surface area contributed by atoms with E-state index < -0.39 is 5.41 Å². The van der Waals surface area contributed by atoms with Gasteiger partial charge in [-0.2, -0.15) is 0 Å². The summed E-state index contributed by atoms with van der Waals surface area (Å²) in [5.74, 6) is -0.0220. The number of hydrogen-bond donors (Lipinski definition) is 1. The largest absolute Gasteiger partial charge is 0.368 e. The second kappa shape index (κ2) is 7.16. The quantitative estimate of drug-likeness (QED) is 0.908. The van der Waals surface area contributed by atoms with Crippen molar-refractivity contribution < 1.29 is 9.59 Å². The lowest BCUT2D eigenvalue weighted by atomic mass is 9.82. The number of nitrogens with two attached hydrogens (primary N) is 1. The van der Waals surface area contributed by atoms with Gasteiger partial charge in [-0.25, -0.2) is 0 Å². The summed E-state index contributed by atoms with van der Waals surface area (Å²) in [4.78, 5) is 28.9. The zero-order valence-corrected chi connectivity index (χ0v) is 15.3. The van der Waals surface area contributed by atoms with E-state index in [0.717, 1.165) is 50.9 Å². The molecule has 2 saturated heterocycles. The zero-order valence-electron chi connectivity index (χ0n) is 15.3. The second-order valence-corrected chi connectivity index (χ2v) is 7.81. The number of carbonyl (C=O) groups is 2. The maximum atomic E-state index is 13.1.